The summed E-state index contributed by atoms with van der Waals surface area (Å²) in [6.07, 6.45) is 2.20. The second kappa shape index (κ2) is 7.62. The predicted octanol–water partition coefficient (Wildman–Crippen LogP) is 4.60. The van der Waals surface area contributed by atoms with Gasteiger partial charge < -0.3 is 14.5 Å². The SMILES string of the molecule is CCCNC(c1cc2cccc(C)c2o1)C(CC)OCC. The van der Waals surface area contributed by atoms with Crippen LogP contribution in [0.3, 0.4) is 0 Å². The molecule has 2 unspecified atom stereocenters. The molecule has 116 valence electrons. The number of nitrogens with one attached hydrogen (secondary N) is 1. The summed E-state index contributed by atoms with van der Waals surface area (Å²) in [7, 11) is 0. The fourth-order valence-corrected chi connectivity index (χ4v) is 2.76. The number of ether oxygens (including phenoxy) is 1. The highest BCUT2D eigenvalue weighted by Gasteiger charge is 2.25. The Balaban J connectivity index is 2.34. The highest BCUT2D eigenvalue weighted by molar-refractivity contribution is 5.81. The molecular formula is C18H27NO2. The van der Waals surface area contributed by atoms with E-state index in [-0.39, 0.29) is 12.1 Å². The zero-order chi connectivity index (χ0) is 15.2. The van der Waals surface area contributed by atoms with E-state index in [0.717, 1.165) is 37.3 Å². The average molecular weight is 289 g/mol. The summed E-state index contributed by atoms with van der Waals surface area (Å²) in [6.45, 7) is 10.2. The van der Waals surface area contributed by atoms with Crippen molar-refractivity contribution in [1.29, 1.82) is 0 Å². The molecule has 0 aliphatic carbocycles. The molecule has 0 bridgehead atoms. The summed E-state index contributed by atoms with van der Waals surface area (Å²) in [6, 6.07) is 8.53. The second-order valence-electron chi connectivity index (χ2n) is 5.48. The quantitative estimate of drug-likeness (QED) is 0.771. The Morgan fingerprint density at radius 1 is 1.24 bits per heavy atom. The van der Waals surface area contributed by atoms with Crippen molar-refractivity contribution >= 4 is 11.0 Å². The largest absolute Gasteiger partial charge is 0.459 e. The lowest BCUT2D eigenvalue weighted by Crippen LogP contribution is -2.33. The van der Waals surface area contributed by atoms with Gasteiger partial charge in [-0.3, -0.25) is 0 Å². The molecule has 0 spiro atoms. The van der Waals surface area contributed by atoms with Crippen molar-refractivity contribution < 1.29 is 9.15 Å². The molecule has 1 aromatic carbocycles. The summed E-state index contributed by atoms with van der Waals surface area (Å²) in [5.41, 5.74) is 2.17. The van der Waals surface area contributed by atoms with Crippen LogP contribution in [0.5, 0.6) is 0 Å². The molecule has 0 amide bonds. The first-order valence-corrected chi connectivity index (χ1v) is 8.05. The van der Waals surface area contributed by atoms with Gasteiger partial charge in [0.2, 0.25) is 0 Å². The summed E-state index contributed by atoms with van der Waals surface area (Å²) < 4.78 is 12.1. The van der Waals surface area contributed by atoms with E-state index in [1.54, 1.807) is 0 Å². The van der Waals surface area contributed by atoms with Crippen molar-refractivity contribution in [3.63, 3.8) is 0 Å². The minimum atomic E-state index is 0.113. The number of aryl methyl sites for hydroxylation is 1. The Hall–Kier alpha value is -1.32. The smallest absolute Gasteiger partial charge is 0.137 e. The summed E-state index contributed by atoms with van der Waals surface area (Å²) in [5.74, 6) is 0.980. The van der Waals surface area contributed by atoms with Crippen LogP contribution in [0, 0.1) is 6.92 Å². The number of hydrogen-bond acceptors (Lipinski definition) is 3. The standard InChI is InChI=1S/C18H27NO2/c1-5-11-19-17(15(6-2)20-7-3)16-12-14-10-8-9-13(4)18(14)21-16/h8-10,12,15,17,19H,5-7,11H2,1-4H3. The van der Waals surface area contributed by atoms with Gasteiger partial charge >= 0.3 is 0 Å². The number of benzene rings is 1. The van der Waals surface area contributed by atoms with Gasteiger partial charge in [0.1, 0.15) is 11.3 Å². The highest BCUT2D eigenvalue weighted by Crippen LogP contribution is 2.29. The van der Waals surface area contributed by atoms with E-state index in [9.17, 15) is 0 Å². The first kappa shape index (κ1) is 16.1. The number of para-hydroxylation sites is 1. The Morgan fingerprint density at radius 2 is 2.05 bits per heavy atom. The first-order chi connectivity index (χ1) is 10.2. The van der Waals surface area contributed by atoms with E-state index in [4.69, 9.17) is 9.15 Å². The van der Waals surface area contributed by atoms with Crippen LogP contribution in [-0.4, -0.2) is 19.3 Å². The lowest BCUT2D eigenvalue weighted by molar-refractivity contribution is 0.0262. The fraction of sp³-hybridized carbons (Fsp3) is 0.556. The van der Waals surface area contributed by atoms with Gasteiger partial charge in [-0.25, -0.2) is 0 Å². The first-order valence-electron chi connectivity index (χ1n) is 8.05. The van der Waals surface area contributed by atoms with E-state index < -0.39 is 0 Å². The highest BCUT2D eigenvalue weighted by atomic mass is 16.5. The van der Waals surface area contributed by atoms with Crippen LogP contribution < -0.4 is 5.32 Å². The third-order valence-corrected chi connectivity index (χ3v) is 3.84. The summed E-state index contributed by atoms with van der Waals surface area (Å²) >= 11 is 0. The molecule has 3 nitrogen and oxygen atoms in total. The van der Waals surface area contributed by atoms with E-state index in [0.29, 0.717) is 0 Å². The van der Waals surface area contributed by atoms with Crippen molar-refractivity contribution in [2.45, 2.75) is 52.7 Å². The van der Waals surface area contributed by atoms with Gasteiger partial charge in [0, 0.05) is 12.0 Å². The van der Waals surface area contributed by atoms with Gasteiger partial charge in [0.15, 0.2) is 0 Å². The summed E-state index contributed by atoms with van der Waals surface area (Å²) in [5, 5.41) is 4.75. The number of hydrogen-bond donors (Lipinski definition) is 1. The summed E-state index contributed by atoms with van der Waals surface area (Å²) in [4.78, 5) is 0. The van der Waals surface area contributed by atoms with Crippen LogP contribution in [-0.2, 0) is 4.74 Å². The van der Waals surface area contributed by atoms with Gasteiger partial charge in [-0.1, -0.05) is 32.0 Å². The van der Waals surface area contributed by atoms with Crippen molar-refractivity contribution in [3.05, 3.63) is 35.6 Å². The molecule has 0 saturated heterocycles. The molecule has 1 heterocycles. The van der Waals surface area contributed by atoms with E-state index in [2.05, 4.69) is 50.4 Å². The van der Waals surface area contributed by atoms with Gasteiger partial charge in [-0.15, -0.1) is 0 Å². The molecule has 0 aliphatic heterocycles. The lowest BCUT2D eigenvalue weighted by atomic mass is 10.0. The monoisotopic (exact) mass is 289 g/mol. The zero-order valence-corrected chi connectivity index (χ0v) is 13.6. The van der Waals surface area contributed by atoms with Gasteiger partial charge in [-0.05, 0) is 44.9 Å². The van der Waals surface area contributed by atoms with Crippen molar-refractivity contribution in [2.24, 2.45) is 0 Å². The van der Waals surface area contributed by atoms with Crippen molar-refractivity contribution in [3.8, 4) is 0 Å². The van der Waals surface area contributed by atoms with E-state index in [1.807, 2.05) is 6.92 Å². The Bertz CT molecular complexity index is 561. The maximum atomic E-state index is 6.14. The minimum absolute atomic E-state index is 0.113. The fourth-order valence-electron chi connectivity index (χ4n) is 2.76. The molecule has 3 heteroatoms. The maximum Gasteiger partial charge on any atom is 0.137 e. The molecule has 1 N–H and O–H groups in total. The van der Waals surface area contributed by atoms with Crippen LogP contribution in [0.4, 0.5) is 0 Å². The third-order valence-electron chi connectivity index (χ3n) is 3.84. The zero-order valence-electron chi connectivity index (χ0n) is 13.6. The van der Waals surface area contributed by atoms with Crippen LogP contribution >= 0.6 is 0 Å². The molecule has 21 heavy (non-hydrogen) atoms. The topological polar surface area (TPSA) is 34.4 Å². The Kier molecular flexibility index (Phi) is 5.83. The molecule has 0 fully saturated rings. The maximum absolute atomic E-state index is 6.14. The van der Waals surface area contributed by atoms with E-state index >= 15 is 0 Å². The van der Waals surface area contributed by atoms with Gasteiger partial charge in [-0.2, -0.15) is 0 Å². The van der Waals surface area contributed by atoms with Crippen LogP contribution in [0.25, 0.3) is 11.0 Å². The predicted molar refractivity (Wildman–Crippen MR) is 87.7 cm³/mol. The van der Waals surface area contributed by atoms with Crippen LogP contribution in [0.15, 0.2) is 28.7 Å². The molecule has 0 radical (unpaired) electrons. The number of rotatable bonds is 8. The molecule has 2 aromatic rings. The Labute approximate surface area is 127 Å². The Morgan fingerprint density at radius 3 is 2.67 bits per heavy atom. The van der Waals surface area contributed by atoms with E-state index in [1.165, 1.54) is 10.9 Å². The van der Waals surface area contributed by atoms with Crippen LogP contribution in [0.2, 0.25) is 0 Å². The molecule has 0 aliphatic rings. The second-order valence-corrected chi connectivity index (χ2v) is 5.48. The lowest BCUT2D eigenvalue weighted by Gasteiger charge is -2.25. The average Bonchev–Trinajstić information content (AvgIpc) is 2.91. The van der Waals surface area contributed by atoms with Crippen LogP contribution in [0.1, 0.15) is 51.0 Å². The molecule has 0 saturated carbocycles. The number of furan rings is 1. The normalized spacial score (nSPS) is 14.5. The number of fused-ring (bicyclic) bond motifs is 1. The van der Waals surface area contributed by atoms with Gasteiger partial charge in [0.25, 0.3) is 0 Å². The molecule has 2 rings (SSSR count). The molecule has 2 atom stereocenters. The van der Waals surface area contributed by atoms with Crippen molar-refractivity contribution in [1.82, 2.24) is 5.32 Å². The third kappa shape index (κ3) is 3.66. The minimum Gasteiger partial charge on any atom is -0.459 e. The van der Waals surface area contributed by atoms with Gasteiger partial charge in [0.05, 0.1) is 12.1 Å². The molecule has 1 aromatic heterocycles. The van der Waals surface area contributed by atoms with Crippen molar-refractivity contribution in [2.75, 3.05) is 13.2 Å². The molecular weight excluding hydrogens is 262 g/mol.